The number of likely N-dealkylation sites (tertiary alicyclic amines) is 1. The van der Waals surface area contributed by atoms with Gasteiger partial charge in [0.1, 0.15) is 0 Å². The summed E-state index contributed by atoms with van der Waals surface area (Å²) >= 11 is 0. The summed E-state index contributed by atoms with van der Waals surface area (Å²) in [7, 11) is 0. The first-order chi connectivity index (χ1) is 8.09. The van der Waals surface area contributed by atoms with Gasteiger partial charge in [0.05, 0.1) is 0 Å². The van der Waals surface area contributed by atoms with E-state index in [1.54, 1.807) is 0 Å². The standard InChI is InChI=1S/C14H22N2O/c1-10(2)16-7-5-4-6-13(16)12-8-11(3)14(17)15-9-12/h8-10,13H,4-7H2,1-3H3,(H,15,17). The number of nitrogens with zero attached hydrogens (tertiary/aromatic N) is 1. The lowest BCUT2D eigenvalue weighted by Gasteiger charge is -2.38. The summed E-state index contributed by atoms with van der Waals surface area (Å²) in [4.78, 5) is 16.8. The number of nitrogens with one attached hydrogen (secondary N) is 1. The molecule has 1 atom stereocenters. The van der Waals surface area contributed by atoms with Crippen molar-refractivity contribution in [2.75, 3.05) is 6.54 Å². The molecule has 0 amide bonds. The average molecular weight is 234 g/mol. The first-order valence-corrected chi connectivity index (χ1v) is 6.54. The zero-order chi connectivity index (χ0) is 12.4. The van der Waals surface area contributed by atoms with Gasteiger partial charge in [-0.3, -0.25) is 9.69 Å². The normalized spacial score (nSPS) is 22.0. The van der Waals surface area contributed by atoms with E-state index in [1.807, 2.05) is 19.2 Å². The fraction of sp³-hybridized carbons (Fsp3) is 0.643. The second kappa shape index (κ2) is 5.05. The third kappa shape index (κ3) is 2.60. The molecule has 0 radical (unpaired) electrons. The van der Waals surface area contributed by atoms with Crippen LogP contribution in [0.2, 0.25) is 0 Å². The summed E-state index contributed by atoms with van der Waals surface area (Å²) in [5, 5.41) is 0. The fourth-order valence-electron chi connectivity index (χ4n) is 2.74. The lowest BCUT2D eigenvalue weighted by molar-refractivity contribution is 0.112. The van der Waals surface area contributed by atoms with Crippen molar-refractivity contribution >= 4 is 0 Å². The largest absolute Gasteiger partial charge is 0.329 e. The summed E-state index contributed by atoms with van der Waals surface area (Å²) in [6, 6.07) is 3.08. The molecular weight excluding hydrogens is 212 g/mol. The number of aryl methyl sites for hydroxylation is 1. The molecule has 1 unspecified atom stereocenters. The van der Waals surface area contributed by atoms with Gasteiger partial charge in [0.25, 0.3) is 5.56 Å². The van der Waals surface area contributed by atoms with Gasteiger partial charge in [-0.25, -0.2) is 0 Å². The molecule has 0 spiro atoms. The van der Waals surface area contributed by atoms with Crippen molar-refractivity contribution < 1.29 is 0 Å². The Bertz CT molecular complexity index is 436. The minimum Gasteiger partial charge on any atom is -0.329 e. The van der Waals surface area contributed by atoms with Crippen LogP contribution in [0.5, 0.6) is 0 Å². The molecule has 1 N–H and O–H groups in total. The highest BCUT2D eigenvalue weighted by molar-refractivity contribution is 5.21. The van der Waals surface area contributed by atoms with Crippen LogP contribution in [0.4, 0.5) is 0 Å². The molecule has 0 saturated carbocycles. The second-order valence-corrected chi connectivity index (χ2v) is 5.29. The Morgan fingerprint density at radius 2 is 2.18 bits per heavy atom. The number of hydrogen-bond acceptors (Lipinski definition) is 2. The summed E-state index contributed by atoms with van der Waals surface area (Å²) in [5.74, 6) is 0. The molecule has 1 fully saturated rings. The Morgan fingerprint density at radius 1 is 1.41 bits per heavy atom. The van der Waals surface area contributed by atoms with Gasteiger partial charge in [-0.2, -0.15) is 0 Å². The van der Waals surface area contributed by atoms with Crippen LogP contribution in [0.1, 0.15) is 50.3 Å². The number of pyridine rings is 1. The molecule has 1 aliphatic rings. The first-order valence-electron chi connectivity index (χ1n) is 6.54. The Morgan fingerprint density at radius 3 is 2.82 bits per heavy atom. The van der Waals surface area contributed by atoms with Gasteiger partial charge >= 0.3 is 0 Å². The van der Waals surface area contributed by atoms with E-state index in [1.165, 1.54) is 31.4 Å². The fourth-order valence-corrected chi connectivity index (χ4v) is 2.74. The average Bonchev–Trinajstić information content (AvgIpc) is 2.32. The van der Waals surface area contributed by atoms with Crippen molar-refractivity contribution in [2.24, 2.45) is 0 Å². The highest BCUT2D eigenvalue weighted by Gasteiger charge is 2.25. The molecule has 0 aromatic carbocycles. The molecule has 0 aliphatic carbocycles. The maximum absolute atomic E-state index is 11.4. The number of hydrogen-bond donors (Lipinski definition) is 1. The number of aromatic amines is 1. The predicted octanol–water partition coefficient (Wildman–Crippen LogP) is 2.62. The molecule has 1 aromatic rings. The van der Waals surface area contributed by atoms with Crippen LogP contribution >= 0.6 is 0 Å². The molecule has 1 saturated heterocycles. The van der Waals surface area contributed by atoms with Gasteiger partial charge in [0.2, 0.25) is 0 Å². The zero-order valence-electron chi connectivity index (χ0n) is 11.0. The van der Waals surface area contributed by atoms with Crippen molar-refractivity contribution in [1.82, 2.24) is 9.88 Å². The minimum absolute atomic E-state index is 0.0284. The van der Waals surface area contributed by atoms with Crippen LogP contribution in [0.25, 0.3) is 0 Å². The van der Waals surface area contributed by atoms with Gasteiger partial charge in [0, 0.05) is 23.8 Å². The molecule has 1 aliphatic heterocycles. The maximum atomic E-state index is 11.4. The third-order valence-corrected chi connectivity index (χ3v) is 3.70. The van der Waals surface area contributed by atoms with Gasteiger partial charge in [0.15, 0.2) is 0 Å². The van der Waals surface area contributed by atoms with Crippen molar-refractivity contribution in [2.45, 2.75) is 52.1 Å². The van der Waals surface area contributed by atoms with E-state index in [9.17, 15) is 4.79 Å². The van der Waals surface area contributed by atoms with Crippen LogP contribution in [-0.2, 0) is 0 Å². The van der Waals surface area contributed by atoms with Crippen molar-refractivity contribution in [3.05, 3.63) is 33.7 Å². The van der Waals surface area contributed by atoms with E-state index < -0.39 is 0 Å². The van der Waals surface area contributed by atoms with E-state index in [0.29, 0.717) is 12.1 Å². The van der Waals surface area contributed by atoms with Crippen molar-refractivity contribution in [3.8, 4) is 0 Å². The van der Waals surface area contributed by atoms with E-state index in [-0.39, 0.29) is 5.56 Å². The summed E-state index contributed by atoms with van der Waals surface area (Å²) in [5.41, 5.74) is 2.10. The Hall–Kier alpha value is -1.09. The van der Waals surface area contributed by atoms with Gasteiger partial charge in [-0.05, 0) is 51.8 Å². The molecule has 0 bridgehead atoms. The monoisotopic (exact) mass is 234 g/mol. The van der Waals surface area contributed by atoms with E-state index in [0.717, 1.165) is 5.56 Å². The molecule has 3 nitrogen and oxygen atoms in total. The Labute approximate surface area is 103 Å². The number of piperidine rings is 1. The molecule has 17 heavy (non-hydrogen) atoms. The van der Waals surface area contributed by atoms with Crippen LogP contribution in [0.3, 0.4) is 0 Å². The van der Waals surface area contributed by atoms with E-state index in [4.69, 9.17) is 0 Å². The molecule has 2 heterocycles. The van der Waals surface area contributed by atoms with Crippen LogP contribution in [0.15, 0.2) is 17.1 Å². The summed E-state index contributed by atoms with van der Waals surface area (Å²) in [6.45, 7) is 7.54. The SMILES string of the molecule is Cc1cc(C2CCCCN2C(C)C)c[nH]c1=O. The van der Waals surface area contributed by atoms with Gasteiger partial charge < -0.3 is 4.98 Å². The van der Waals surface area contributed by atoms with Crippen molar-refractivity contribution in [3.63, 3.8) is 0 Å². The summed E-state index contributed by atoms with van der Waals surface area (Å²) < 4.78 is 0. The van der Waals surface area contributed by atoms with Gasteiger partial charge in [-0.1, -0.05) is 6.42 Å². The molecule has 3 heteroatoms. The third-order valence-electron chi connectivity index (χ3n) is 3.70. The van der Waals surface area contributed by atoms with Crippen LogP contribution < -0.4 is 5.56 Å². The maximum Gasteiger partial charge on any atom is 0.250 e. The van der Waals surface area contributed by atoms with Crippen molar-refractivity contribution in [1.29, 1.82) is 0 Å². The smallest absolute Gasteiger partial charge is 0.250 e. The Balaban J connectivity index is 2.29. The second-order valence-electron chi connectivity index (χ2n) is 5.29. The topological polar surface area (TPSA) is 36.1 Å². The molecule has 94 valence electrons. The lowest BCUT2D eigenvalue weighted by atomic mass is 9.94. The highest BCUT2D eigenvalue weighted by Crippen LogP contribution is 2.31. The van der Waals surface area contributed by atoms with E-state index in [2.05, 4.69) is 23.7 Å². The number of H-pyrrole nitrogens is 1. The van der Waals surface area contributed by atoms with Gasteiger partial charge in [-0.15, -0.1) is 0 Å². The lowest BCUT2D eigenvalue weighted by Crippen LogP contribution is -2.38. The number of aromatic nitrogens is 1. The number of rotatable bonds is 2. The molecular formula is C14H22N2O. The van der Waals surface area contributed by atoms with Crippen LogP contribution in [0, 0.1) is 6.92 Å². The van der Waals surface area contributed by atoms with E-state index >= 15 is 0 Å². The summed E-state index contributed by atoms with van der Waals surface area (Å²) in [6.07, 6.45) is 5.66. The van der Waals surface area contributed by atoms with Crippen LogP contribution in [-0.4, -0.2) is 22.5 Å². The first kappa shape index (κ1) is 12.4. The highest BCUT2D eigenvalue weighted by atomic mass is 16.1. The zero-order valence-corrected chi connectivity index (χ0v) is 11.0. The molecule has 2 rings (SSSR count). The quantitative estimate of drug-likeness (QED) is 0.854. The minimum atomic E-state index is 0.0284. The molecule has 1 aromatic heterocycles. The Kier molecular flexibility index (Phi) is 3.67. The predicted molar refractivity (Wildman–Crippen MR) is 70.2 cm³/mol.